The van der Waals surface area contributed by atoms with Crippen LogP contribution in [-0.4, -0.2) is 38.8 Å². The van der Waals surface area contributed by atoms with Crippen molar-refractivity contribution < 1.29 is 17.9 Å². The molecule has 1 amide bonds. The van der Waals surface area contributed by atoms with E-state index in [1.165, 1.54) is 29.6 Å². The lowest BCUT2D eigenvalue weighted by molar-refractivity contribution is -0.116. The average Bonchev–Trinajstić information content (AvgIpc) is 2.82. The maximum atomic E-state index is 13.5. The summed E-state index contributed by atoms with van der Waals surface area (Å²) in [5, 5.41) is 11.7. The smallest absolute Gasteiger partial charge is 0.243 e. The molecule has 0 aliphatic rings. The highest BCUT2D eigenvalue weighted by Crippen LogP contribution is 2.24. The van der Waals surface area contributed by atoms with Gasteiger partial charge in [0.1, 0.15) is 5.75 Å². The maximum Gasteiger partial charge on any atom is 0.243 e. The molecule has 0 atom stereocenters. The second kappa shape index (κ2) is 10.8. The molecule has 0 aliphatic heterocycles. The molecule has 0 bridgehead atoms. The molecule has 3 aromatic carbocycles. The van der Waals surface area contributed by atoms with Gasteiger partial charge in [0.25, 0.3) is 0 Å². The predicted octanol–water partition coefficient (Wildman–Crippen LogP) is 3.75. The van der Waals surface area contributed by atoms with Crippen LogP contribution < -0.4 is 10.1 Å². The molecule has 0 unspecified atom stereocenters. The molecule has 1 N–H and O–H groups in total. The van der Waals surface area contributed by atoms with Crippen LogP contribution in [0.15, 0.2) is 77.7 Å². The number of rotatable bonds is 9. The molecule has 0 saturated heterocycles. The molecule has 8 heteroatoms. The number of sulfonamides is 1. The van der Waals surface area contributed by atoms with Crippen LogP contribution in [0.4, 0.5) is 5.69 Å². The first-order valence-electron chi connectivity index (χ1n) is 10.3. The van der Waals surface area contributed by atoms with E-state index in [1.54, 1.807) is 31.2 Å². The van der Waals surface area contributed by atoms with Gasteiger partial charge >= 0.3 is 0 Å². The SMILES string of the molecule is COc1ccc(S(=O)(=O)N(CCc2ccccc2)CC(=O)Nc2cccc(C#N)c2)cc1C. The molecule has 0 heterocycles. The van der Waals surface area contributed by atoms with Gasteiger partial charge in [0.15, 0.2) is 0 Å². The Bertz CT molecular complexity index is 1270. The number of carbonyl (C=O) groups is 1. The van der Waals surface area contributed by atoms with Gasteiger partial charge in [-0.3, -0.25) is 4.79 Å². The second-order valence-electron chi connectivity index (χ2n) is 7.45. The van der Waals surface area contributed by atoms with Gasteiger partial charge < -0.3 is 10.1 Å². The zero-order chi connectivity index (χ0) is 23.8. The average molecular weight is 464 g/mol. The lowest BCUT2D eigenvalue weighted by atomic mass is 10.1. The number of methoxy groups -OCH3 is 1. The fraction of sp³-hybridized carbons (Fsp3) is 0.200. The number of hydrogen-bond donors (Lipinski definition) is 1. The standard InChI is InChI=1S/C25H25N3O4S/c1-19-15-23(11-12-24(19)32-2)33(30,31)28(14-13-20-7-4-3-5-8-20)18-25(29)27-22-10-6-9-21(16-22)17-26/h3-12,15-16H,13-14,18H2,1-2H3,(H,27,29). The van der Waals surface area contributed by atoms with Crippen LogP contribution >= 0.6 is 0 Å². The van der Waals surface area contributed by atoms with Crippen molar-refractivity contribution in [2.75, 3.05) is 25.5 Å². The minimum atomic E-state index is -3.95. The van der Waals surface area contributed by atoms with Crippen LogP contribution in [0.25, 0.3) is 0 Å². The van der Waals surface area contributed by atoms with Gasteiger partial charge in [-0.1, -0.05) is 36.4 Å². The van der Waals surface area contributed by atoms with Crippen molar-refractivity contribution in [1.29, 1.82) is 5.26 Å². The van der Waals surface area contributed by atoms with E-state index in [2.05, 4.69) is 5.32 Å². The van der Waals surface area contributed by atoms with Gasteiger partial charge in [0.2, 0.25) is 15.9 Å². The maximum absolute atomic E-state index is 13.5. The number of hydrogen-bond acceptors (Lipinski definition) is 5. The number of benzene rings is 3. The third kappa shape index (κ3) is 6.19. The van der Waals surface area contributed by atoms with E-state index in [1.807, 2.05) is 36.4 Å². The van der Waals surface area contributed by atoms with Gasteiger partial charge in [0, 0.05) is 12.2 Å². The van der Waals surface area contributed by atoms with Crippen LogP contribution in [0.3, 0.4) is 0 Å². The first kappa shape index (κ1) is 24.0. The number of amides is 1. The fourth-order valence-corrected chi connectivity index (χ4v) is 4.85. The number of anilines is 1. The van der Waals surface area contributed by atoms with Crippen molar-refractivity contribution in [1.82, 2.24) is 4.31 Å². The monoisotopic (exact) mass is 463 g/mol. The summed E-state index contributed by atoms with van der Waals surface area (Å²) in [7, 11) is -2.43. The van der Waals surface area contributed by atoms with Crippen LogP contribution in [-0.2, 0) is 21.2 Å². The van der Waals surface area contributed by atoms with Crippen LogP contribution in [0.2, 0.25) is 0 Å². The van der Waals surface area contributed by atoms with Gasteiger partial charge in [0.05, 0.1) is 30.2 Å². The number of nitrogens with zero attached hydrogens (tertiary/aromatic N) is 2. The van der Waals surface area contributed by atoms with E-state index in [0.717, 1.165) is 5.56 Å². The minimum Gasteiger partial charge on any atom is -0.496 e. The zero-order valence-electron chi connectivity index (χ0n) is 18.5. The molecule has 0 saturated carbocycles. The first-order chi connectivity index (χ1) is 15.8. The van der Waals surface area contributed by atoms with E-state index in [4.69, 9.17) is 10.00 Å². The molecule has 7 nitrogen and oxygen atoms in total. The van der Waals surface area contributed by atoms with E-state index in [-0.39, 0.29) is 18.0 Å². The summed E-state index contributed by atoms with van der Waals surface area (Å²) >= 11 is 0. The van der Waals surface area contributed by atoms with Crippen molar-refractivity contribution in [3.05, 3.63) is 89.5 Å². The molecule has 0 fully saturated rings. The van der Waals surface area contributed by atoms with Crippen LogP contribution in [0.1, 0.15) is 16.7 Å². The van der Waals surface area contributed by atoms with Crippen molar-refractivity contribution in [2.24, 2.45) is 0 Å². The minimum absolute atomic E-state index is 0.0909. The van der Waals surface area contributed by atoms with Crippen molar-refractivity contribution in [3.8, 4) is 11.8 Å². The Morgan fingerprint density at radius 2 is 1.82 bits per heavy atom. The topological polar surface area (TPSA) is 99.5 Å². The number of aryl methyl sites for hydroxylation is 1. The molecular weight excluding hydrogens is 438 g/mol. The van der Waals surface area contributed by atoms with Crippen molar-refractivity contribution >= 4 is 21.6 Å². The lowest BCUT2D eigenvalue weighted by Gasteiger charge is -2.22. The summed E-state index contributed by atoms with van der Waals surface area (Å²) in [6.45, 7) is 1.53. The third-order valence-corrected chi connectivity index (χ3v) is 6.93. The Morgan fingerprint density at radius 1 is 1.06 bits per heavy atom. The number of nitriles is 1. The van der Waals surface area contributed by atoms with E-state index < -0.39 is 15.9 Å². The van der Waals surface area contributed by atoms with E-state index in [9.17, 15) is 13.2 Å². The summed E-state index contributed by atoms with van der Waals surface area (Å²) in [5.74, 6) is 0.0897. The molecule has 0 spiro atoms. The quantitative estimate of drug-likeness (QED) is 0.521. The number of ether oxygens (including phenoxy) is 1. The Labute approximate surface area is 194 Å². The van der Waals surface area contributed by atoms with Gasteiger partial charge in [-0.25, -0.2) is 8.42 Å². The molecule has 0 radical (unpaired) electrons. The molecule has 0 aliphatic carbocycles. The molecule has 33 heavy (non-hydrogen) atoms. The first-order valence-corrected chi connectivity index (χ1v) is 11.8. The summed E-state index contributed by atoms with van der Waals surface area (Å²) < 4.78 is 33.3. The highest BCUT2D eigenvalue weighted by molar-refractivity contribution is 7.89. The van der Waals surface area contributed by atoms with E-state index in [0.29, 0.717) is 29.0 Å². The molecule has 3 aromatic rings. The second-order valence-corrected chi connectivity index (χ2v) is 9.38. The molecular formula is C25H25N3O4S. The Morgan fingerprint density at radius 3 is 2.48 bits per heavy atom. The van der Waals surface area contributed by atoms with Crippen LogP contribution in [0, 0.1) is 18.3 Å². The molecule has 170 valence electrons. The van der Waals surface area contributed by atoms with Crippen molar-refractivity contribution in [2.45, 2.75) is 18.2 Å². The van der Waals surface area contributed by atoms with E-state index >= 15 is 0 Å². The van der Waals surface area contributed by atoms with Gasteiger partial charge in [-0.2, -0.15) is 9.57 Å². The number of nitrogens with one attached hydrogen (secondary N) is 1. The third-order valence-electron chi connectivity index (χ3n) is 5.09. The molecule has 0 aromatic heterocycles. The number of carbonyl (C=O) groups excluding carboxylic acids is 1. The highest BCUT2D eigenvalue weighted by atomic mass is 32.2. The zero-order valence-corrected chi connectivity index (χ0v) is 19.3. The Balaban J connectivity index is 1.85. The predicted molar refractivity (Wildman–Crippen MR) is 126 cm³/mol. The normalized spacial score (nSPS) is 11.1. The molecule has 3 rings (SSSR count). The lowest BCUT2D eigenvalue weighted by Crippen LogP contribution is -2.39. The van der Waals surface area contributed by atoms with Crippen LogP contribution in [0.5, 0.6) is 5.75 Å². The fourth-order valence-electron chi connectivity index (χ4n) is 3.37. The summed E-state index contributed by atoms with van der Waals surface area (Å²) in [5.41, 5.74) is 2.47. The highest BCUT2D eigenvalue weighted by Gasteiger charge is 2.27. The van der Waals surface area contributed by atoms with Crippen molar-refractivity contribution in [3.63, 3.8) is 0 Å². The van der Waals surface area contributed by atoms with Gasteiger partial charge in [-0.05, 0) is 60.9 Å². The van der Waals surface area contributed by atoms with Gasteiger partial charge in [-0.15, -0.1) is 0 Å². The largest absolute Gasteiger partial charge is 0.496 e. The summed E-state index contributed by atoms with van der Waals surface area (Å²) in [6.07, 6.45) is 0.451. The summed E-state index contributed by atoms with van der Waals surface area (Å²) in [6, 6.07) is 22.6. The Kier molecular flexibility index (Phi) is 7.83. The Hall–Kier alpha value is -3.67. The summed E-state index contributed by atoms with van der Waals surface area (Å²) in [4.78, 5) is 12.8.